The number of aryl methyl sites for hydroxylation is 1. The summed E-state index contributed by atoms with van der Waals surface area (Å²) in [5.41, 5.74) is 1.97. The number of hydrogen-bond acceptors (Lipinski definition) is 4. The predicted molar refractivity (Wildman–Crippen MR) is 100 cm³/mol. The molecule has 2 aromatic rings. The number of aromatic nitrogens is 2. The first-order valence-electron chi connectivity index (χ1n) is 8.99. The van der Waals surface area contributed by atoms with Crippen LogP contribution >= 0.6 is 0 Å². The fraction of sp³-hybridized carbons (Fsp3) is 0.450. The lowest BCUT2D eigenvalue weighted by atomic mass is 10.0. The van der Waals surface area contributed by atoms with E-state index in [9.17, 15) is 4.79 Å². The smallest absolute Gasteiger partial charge is 0.225 e. The third kappa shape index (κ3) is 4.35. The molecular formula is C20H26N4O. The van der Waals surface area contributed by atoms with Gasteiger partial charge in [-0.25, -0.2) is 9.97 Å². The number of anilines is 1. The zero-order valence-corrected chi connectivity index (χ0v) is 15.2. The minimum Gasteiger partial charge on any atom is -0.367 e. The van der Waals surface area contributed by atoms with E-state index in [2.05, 4.69) is 15.3 Å². The number of rotatable bonds is 4. The number of nitrogens with one attached hydrogen (secondary N) is 1. The first-order valence-corrected chi connectivity index (χ1v) is 8.99. The molecule has 132 valence electrons. The molecular weight excluding hydrogens is 312 g/mol. The average molecular weight is 338 g/mol. The van der Waals surface area contributed by atoms with Crippen LogP contribution in [0.15, 0.2) is 36.4 Å². The molecule has 5 nitrogen and oxygen atoms in total. The van der Waals surface area contributed by atoms with Crippen LogP contribution in [-0.2, 0) is 4.79 Å². The lowest BCUT2D eigenvalue weighted by molar-refractivity contribution is -0.135. The molecule has 1 aliphatic rings. The van der Waals surface area contributed by atoms with Crippen molar-refractivity contribution in [1.29, 1.82) is 0 Å². The highest BCUT2D eigenvalue weighted by atomic mass is 16.2. The van der Waals surface area contributed by atoms with E-state index in [0.717, 1.165) is 48.8 Å². The molecule has 0 saturated carbocycles. The van der Waals surface area contributed by atoms with Gasteiger partial charge in [-0.15, -0.1) is 0 Å². The predicted octanol–water partition coefficient (Wildman–Crippen LogP) is 3.51. The summed E-state index contributed by atoms with van der Waals surface area (Å²) < 4.78 is 0. The molecule has 3 rings (SSSR count). The van der Waals surface area contributed by atoms with Gasteiger partial charge < -0.3 is 10.2 Å². The number of carbonyl (C=O) groups is 1. The van der Waals surface area contributed by atoms with Crippen molar-refractivity contribution in [3.63, 3.8) is 0 Å². The minimum absolute atomic E-state index is 0.0717. The van der Waals surface area contributed by atoms with Crippen molar-refractivity contribution in [3.8, 4) is 11.4 Å². The van der Waals surface area contributed by atoms with Crippen molar-refractivity contribution >= 4 is 11.7 Å². The molecule has 1 fully saturated rings. The Morgan fingerprint density at radius 3 is 2.48 bits per heavy atom. The van der Waals surface area contributed by atoms with E-state index in [1.54, 1.807) is 0 Å². The molecule has 5 heteroatoms. The van der Waals surface area contributed by atoms with Gasteiger partial charge in [-0.2, -0.15) is 0 Å². The Hall–Kier alpha value is -2.43. The van der Waals surface area contributed by atoms with E-state index in [1.807, 2.05) is 62.1 Å². The molecule has 0 spiro atoms. The summed E-state index contributed by atoms with van der Waals surface area (Å²) in [6.45, 7) is 7.53. The maximum absolute atomic E-state index is 12.1. The van der Waals surface area contributed by atoms with E-state index >= 15 is 0 Å². The Kier molecular flexibility index (Phi) is 5.31. The van der Waals surface area contributed by atoms with Gasteiger partial charge in [0.2, 0.25) is 5.91 Å². The van der Waals surface area contributed by atoms with Crippen LogP contribution in [0.3, 0.4) is 0 Å². The summed E-state index contributed by atoms with van der Waals surface area (Å²) in [5.74, 6) is 1.93. The molecule has 0 radical (unpaired) electrons. The molecule has 0 bridgehead atoms. The van der Waals surface area contributed by atoms with E-state index in [4.69, 9.17) is 0 Å². The average Bonchev–Trinajstić information content (AvgIpc) is 2.62. The van der Waals surface area contributed by atoms with Gasteiger partial charge in [-0.1, -0.05) is 44.2 Å². The summed E-state index contributed by atoms with van der Waals surface area (Å²) >= 11 is 0. The van der Waals surface area contributed by atoms with Gasteiger partial charge in [-0.3, -0.25) is 4.79 Å². The van der Waals surface area contributed by atoms with Crippen LogP contribution in [0.5, 0.6) is 0 Å². The zero-order chi connectivity index (χ0) is 17.8. The number of hydrogen-bond donors (Lipinski definition) is 1. The van der Waals surface area contributed by atoms with Gasteiger partial charge in [0.1, 0.15) is 5.82 Å². The largest absolute Gasteiger partial charge is 0.367 e. The third-order valence-electron chi connectivity index (χ3n) is 4.54. The van der Waals surface area contributed by atoms with Crippen LogP contribution in [-0.4, -0.2) is 39.9 Å². The molecule has 1 aromatic heterocycles. The fourth-order valence-corrected chi connectivity index (χ4v) is 3.18. The van der Waals surface area contributed by atoms with Crippen LogP contribution in [0.4, 0.5) is 5.82 Å². The Labute approximate surface area is 149 Å². The van der Waals surface area contributed by atoms with E-state index in [-0.39, 0.29) is 11.8 Å². The van der Waals surface area contributed by atoms with Gasteiger partial charge in [0.15, 0.2) is 5.82 Å². The molecule has 1 N–H and O–H groups in total. The number of benzene rings is 1. The second-order valence-corrected chi connectivity index (χ2v) is 6.98. The number of likely N-dealkylation sites (tertiary alicyclic amines) is 1. The Morgan fingerprint density at radius 1 is 1.16 bits per heavy atom. The van der Waals surface area contributed by atoms with Crippen LogP contribution < -0.4 is 5.32 Å². The topological polar surface area (TPSA) is 58.1 Å². The normalized spacial score (nSPS) is 15.4. The van der Waals surface area contributed by atoms with Crippen molar-refractivity contribution in [1.82, 2.24) is 14.9 Å². The van der Waals surface area contributed by atoms with E-state index < -0.39 is 0 Å². The molecule has 1 amide bonds. The lowest BCUT2D eigenvalue weighted by Crippen LogP contribution is -2.44. The van der Waals surface area contributed by atoms with Gasteiger partial charge in [0.25, 0.3) is 0 Å². The standard InChI is InChI=1S/C20H26N4O/c1-14(2)20(25)24-11-9-17(10-12-24)22-18-13-15(3)21-19(23-18)16-7-5-4-6-8-16/h4-8,13-14,17H,9-12H2,1-3H3,(H,21,22,23). The first kappa shape index (κ1) is 17.4. The van der Waals surface area contributed by atoms with Crippen molar-refractivity contribution in [3.05, 3.63) is 42.1 Å². The monoisotopic (exact) mass is 338 g/mol. The number of amides is 1. The third-order valence-corrected chi connectivity index (χ3v) is 4.54. The van der Waals surface area contributed by atoms with Crippen LogP contribution in [0.25, 0.3) is 11.4 Å². The highest BCUT2D eigenvalue weighted by Gasteiger charge is 2.24. The highest BCUT2D eigenvalue weighted by Crippen LogP contribution is 2.21. The molecule has 0 unspecified atom stereocenters. The SMILES string of the molecule is Cc1cc(NC2CCN(C(=O)C(C)C)CC2)nc(-c2ccccc2)n1. The maximum Gasteiger partial charge on any atom is 0.225 e. The minimum atomic E-state index is 0.0717. The Bertz CT molecular complexity index is 722. The molecule has 0 atom stereocenters. The van der Waals surface area contributed by atoms with Crippen molar-refractivity contribution in [2.45, 2.75) is 39.7 Å². The van der Waals surface area contributed by atoms with Crippen LogP contribution in [0.2, 0.25) is 0 Å². The van der Waals surface area contributed by atoms with Crippen LogP contribution in [0, 0.1) is 12.8 Å². The van der Waals surface area contributed by atoms with Gasteiger partial charge >= 0.3 is 0 Å². The summed E-state index contributed by atoms with van der Waals surface area (Å²) in [4.78, 5) is 23.3. The summed E-state index contributed by atoms with van der Waals surface area (Å²) in [7, 11) is 0. The zero-order valence-electron chi connectivity index (χ0n) is 15.2. The number of carbonyl (C=O) groups excluding carboxylic acids is 1. The molecule has 1 saturated heterocycles. The van der Waals surface area contributed by atoms with Crippen molar-refractivity contribution in [2.24, 2.45) is 5.92 Å². The molecule has 0 aliphatic carbocycles. The second-order valence-electron chi connectivity index (χ2n) is 6.98. The lowest BCUT2D eigenvalue weighted by Gasteiger charge is -2.33. The summed E-state index contributed by atoms with van der Waals surface area (Å²) in [6, 6.07) is 12.4. The fourth-order valence-electron chi connectivity index (χ4n) is 3.18. The first-order chi connectivity index (χ1) is 12.0. The quantitative estimate of drug-likeness (QED) is 0.927. The Morgan fingerprint density at radius 2 is 1.84 bits per heavy atom. The molecule has 1 aromatic carbocycles. The van der Waals surface area contributed by atoms with Gasteiger partial charge in [0, 0.05) is 42.4 Å². The Balaban J connectivity index is 1.66. The summed E-state index contributed by atoms with van der Waals surface area (Å²) in [5, 5.41) is 3.53. The molecule has 1 aliphatic heterocycles. The van der Waals surface area contributed by atoms with E-state index in [1.165, 1.54) is 0 Å². The number of piperidine rings is 1. The molecule has 2 heterocycles. The van der Waals surface area contributed by atoms with Crippen LogP contribution in [0.1, 0.15) is 32.4 Å². The summed E-state index contributed by atoms with van der Waals surface area (Å²) in [6.07, 6.45) is 1.89. The van der Waals surface area contributed by atoms with Gasteiger partial charge in [0.05, 0.1) is 0 Å². The van der Waals surface area contributed by atoms with Crippen molar-refractivity contribution in [2.75, 3.05) is 18.4 Å². The molecule has 25 heavy (non-hydrogen) atoms. The number of nitrogens with zero attached hydrogens (tertiary/aromatic N) is 3. The maximum atomic E-state index is 12.1. The van der Waals surface area contributed by atoms with Gasteiger partial charge in [-0.05, 0) is 19.8 Å². The van der Waals surface area contributed by atoms with Crippen molar-refractivity contribution < 1.29 is 4.79 Å². The second kappa shape index (κ2) is 7.64. The highest BCUT2D eigenvalue weighted by molar-refractivity contribution is 5.78. The van der Waals surface area contributed by atoms with E-state index in [0.29, 0.717) is 6.04 Å².